The first-order chi connectivity index (χ1) is 7.74. The van der Waals surface area contributed by atoms with Crippen molar-refractivity contribution in [2.24, 2.45) is 5.92 Å². The highest BCUT2D eigenvalue weighted by Gasteiger charge is 2.29. The van der Waals surface area contributed by atoms with Gasteiger partial charge in [0, 0.05) is 29.5 Å². The quantitative estimate of drug-likeness (QED) is 0.575. The number of thioether (sulfide) groups is 1. The van der Waals surface area contributed by atoms with Crippen molar-refractivity contribution in [1.82, 2.24) is 0 Å². The molecular formula is C13H13NOS. The number of hydrogen-bond donors (Lipinski definition) is 0. The molecule has 1 atom stereocenters. The maximum absolute atomic E-state index is 11.8. The molecule has 3 heteroatoms. The number of hydrogen-bond acceptors (Lipinski definition) is 2. The molecule has 0 spiro atoms. The molecule has 0 N–H and O–H groups in total. The number of amides is 1. The molecular weight excluding hydrogens is 218 g/mol. The van der Waals surface area contributed by atoms with Gasteiger partial charge in [0.25, 0.3) is 0 Å². The van der Waals surface area contributed by atoms with Crippen LogP contribution >= 0.6 is 11.8 Å². The van der Waals surface area contributed by atoms with Crippen LogP contribution in [0.3, 0.4) is 0 Å². The fraction of sp³-hybridized carbons (Fsp3) is 0.308. The number of nitrogens with zero attached hydrogens (tertiary/aromatic N) is 1. The molecule has 82 valence electrons. The van der Waals surface area contributed by atoms with Gasteiger partial charge in [-0.2, -0.15) is 0 Å². The van der Waals surface area contributed by atoms with Crippen LogP contribution in [0.2, 0.25) is 0 Å². The van der Waals surface area contributed by atoms with Crippen molar-refractivity contribution in [2.45, 2.75) is 11.3 Å². The van der Waals surface area contributed by atoms with E-state index >= 15 is 0 Å². The summed E-state index contributed by atoms with van der Waals surface area (Å²) in [5.74, 6) is 2.84. The van der Waals surface area contributed by atoms with Crippen LogP contribution in [0, 0.1) is 18.3 Å². The van der Waals surface area contributed by atoms with Crippen molar-refractivity contribution >= 4 is 23.4 Å². The van der Waals surface area contributed by atoms with Crippen molar-refractivity contribution < 1.29 is 4.79 Å². The first kappa shape index (κ1) is 11.1. The Bertz CT molecular complexity index is 449. The zero-order valence-corrected chi connectivity index (χ0v) is 9.96. The van der Waals surface area contributed by atoms with Crippen molar-refractivity contribution in [1.29, 1.82) is 0 Å². The van der Waals surface area contributed by atoms with Gasteiger partial charge in [-0.25, -0.2) is 0 Å². The summed E-state index contributed by atoms with van der Waals surface area (Å²) in [4.78, 5) is 14.7. The van der Waals surface area contributed by atoms with E-state index in [0.29, 0.717) is 13.0 Å². The summed E-state index contributed by atoms with van der Waals surface area (Å²) in [5.41, 5.74) is 0.953. The molecule has 1 unspecified atom stereocenters. The molecule has 0 aliphatic carbocycles. The van der Waals surface area contributed by atoms with Gasteiger partial charge in [-0.1, -0.05) is 6.07 Å². The standard InChI is InChI=1S/C13H13NOS/c1-3-10-7-13(15)14(9-10)11-5-4-6-12(8-11)16-2/h1,4-6,8,10H,7,9H2,2H3. The molecule has 1 aromatic carbocycles. The Hall–Kier alpha value is -1.40. The van der Waals surface area contributed by atoms with Crippen molar-refractivity contribution in [2.75, 3.05) is 17.7 Å². The molecule has 1 aliphatic rings. The van der Waals surface area contributed by atoms with E-state index in [4.69, 9.17) is 6.42 Å². The van der Waals surface area contributed by atoms with Gasteiger partial charge in [0.2, 0.25) is 5.91 Å². The summed E-state index contributed by atoms with van der Waals surface area (Å²) in [6, 6.07) is 7.99. The summed E-state index contributed by atoms with van der Waals surface area (Å²) >= 11 is 1.67. The summed E-state index contributed by atoms with van der Waals surface area (Å²) in [6.45, 7) is 0.646. The molecule has 1 aliphatic heterocycles. The molecule has 1 saturated heterocycles. The van der Waals surface area contributed by atoms with Gasteiger partial charge >= 0.3 is 0 Å². The van der Waals surface area contributed by atoms with Crippen molar-refractivity contribution in [3.8, 4) is 12.3 Å². The van der Waals surface area contributed by atoms with E-state index in [2.05, 4.69) is 5.92 Å². The fourth-order valence-electron chi connectivity index (χ4n) is 1.85. The van der Waals surface area contributed by atoms with Crippen LogP contribution in [-0.4, -0.2) is 18.7 Å². The SMILES string of the molecule is C#CC1CC(=O)N(c2cccc(SC)c2)C1. The number of anilines is 1. The van der Waals surface area contributed by atoms with E-state index in [1.807, 2.05) is 30.5 Å². The lowest BCUT2D eigenvalue weighted by Gasteiger charge is -2.16. The first-order valence-electron chi connectivity index (χ1n) is 5.15. The van der Waals surface area contributed by atoms with E-state index in [9.17, 15) is 4.79 Å². The second kappa shape index (κ2) is 4.63. The molecule has 1 aromatic rings. The zero-order chi connectivity index (χ0) is 11.5. The number of terminal acetylenes is 1. The largest absolute Gasteiger partial charge is 0.311 e. The summed E-state index contributed by atoms with van der Waals surface area (Å²) in [6.07, 6.45) is 7.85. The van der Waals surface area contributed by atoms with Crippen LogP contribution in [0.1, 0.15) is 6.42 Å². The Morgan fingerprint density at radius 2 is 2.38 bits per heavy atom. The topological polar surface area (TPSA) is 20.3 Å². The number of rotatable bonds is 2. The van der Waals surface area contributed by atoms with Gasteiger partial charge in [-0.3, -0.25) is 4.79 Å². The van der Waals surface area contributed by atoms with Crippen LogP contribution < -0.4 is 4.90 Å². The maximum Gasteiger partial charge on any atom is 0.228 e. The molecule has 0 aromatic heterocycles. The molecule has 0 radical (unpaired) electrons. The van der Waals surface area contributed by atoms with E-state index in [0.717, 1.165) is 10.6 Å². The van der Waals surface area contributed by atoms with Gasteiger partial charge in [0.1, 0.15) is 0 Å². The van der Waals surface area contributed by atoms with Crippen LogP contribution in [-0.2, 0) is 4.79 Å². The predicted octanol–water partition coefficient (Wildman–Crippen LogP) is 2.39. The molecule has 2 rings (SSSR count). The maximum atomic E-state index is 11.8. The summed E-state index contributed by atoms with van der Waals surface area (Å²) < 4.78 is 0. The Morgan fingerprint density at radius 3 is 3.00 bits per heavy atom. The Balaban J connectivity index is 2.24. The van der Waals surface area contributed by atoms with E-state index in [1.54, 1.807) is 16.7 Å². The third-order valence-corrected chi connectivity index (χ3v) is 3.45. The predicted molar refractivity (Wildman–Crippen MR) is 67.5 cm³/mol. The van der Waals surface area contributed by atoms with E-state index in [1.165, 1.54) is 0 Å². The van der Waals surface area contributed by atoms with Gasteiger partial charge in [-0.15, -0.1) is 24.1 Å². The van der Waals surface area contributed by atoms with Crippen LogP contribution in [0.25, 0.3) is 0 Å². The normalized spacial score (nSPS) is 19.9. The smallest absolute Gasteiger partial charge is 0.228 e. The van der Waals surface area contributed by atoms with Crippen LogP contribution in [0.4, 0.5) is 5.69 Å². The monoisotopic (exact) mass is 231 g/mol. The third kappa shape index (κ3) is 2.07. The number of benzene rings is 1. The number of carbonyl (C=O) groups excluding carboxylic acids is 1. The highest BCUT2D eigenvalue weighted by molar-refractivity contribution is 7.98. The molecule has 0 saturated carbocycles. The van der Waals surface area contributed by atoms with E-state index in [-0.39, 0.29) is 11.8 Å². The van der Waals surface area contributed by atoms with Gasteiger partial charge in [-0.05, 0) is 24.5 Å². The molecule has 16 heavy (non-hydrogen) atoms. The number of carbonyl (C=O) groups is 1. The Morgan fingerprint density at radius 1 is 1.56 bits per heavy atom. The summed E-state index contributed by atoms with van der Waals surface area (Å²) in [5, 5.41) is 0. The Kier molecular flexibility index (Phi) is 3.21. The molecule has 0 bridgehead atoms. The second-order valence-corrected chi connectivity index (χ2v) is 4.65. The molecule has 1 heterocycles. The van der Waals surface area contributed by atoms with Crippen LogP contribution in [0.15, 0.2) is 29.2 Å². The lowest BCUT2D eigenvalue weighted by Crippen LogP contribution is -2.24. The van der Waals surface area contributed by atoms with E-state index < -0.39 is 0 Å². The lowest BCUT2D eigenvalue weighted by molar-refractivity contribution is -0.117. The van der Waals surface area contributed by atoms with Crippen LogP contribution in [0.5, 0.6) is 0 Å². The molecule has 1 fully saturated rings. The van der Waals surface area contributed by atoms with Gasteiger partial charge in [0.15, 0.2) is 0 Å². The Labute approximate surface area is 100 Å². The fourth-order valence-corrected chi connectivity index (χ4v) is 2.30. The highest BCUT2D eigenvalue weighted by Crippen LogP contribution is 2.27. The average molecular weight is 231 g/mol. The average Bonchev–Trinajstić information content (AvgIpc) is 2.71. The minimum absolute atomic E-state index is 0.0606. The minimum Gasteiger partial charge on any atom is -0.311 e. The highest BCUT2D eigenvalue weighted by atomic mass is 32.2. The first-order valence-corrected chi connectivity index (χ1v) is 6.37. The molecule has 1 amide bonds. The second-order valence-electron chi connectivity index (χ2n) is 3.77. The van der Waals surface area contributed by atoms with Crippen molar-refractivity contribution in [3.05, 3.63) is 24.3 Å². The van der Waals surface area contributed by atoms with Gasteiger partial charge < -0.3 is 4.90 Å². The zero-order valence-electron chi connectivity index (χ0n) is 9.14. The molecule has 2 nitrogen and oxygen atoms in total. The lowest BCUT2D eigenvalue weighted by atomic mass is 10.1. The minimum atomic E-state index is 0.0606. The van der Waals surface area contributed by atoms with Gasteiger partial charge in [0.05, 0.1) is 0 Å². The third-order valence-electron chi connectivity index (χ3n) is 2.73. The van der Waals surface area contributed by atoms with Crippen molar-refractivity contribution in [3.63, 3.8) is 0 Å². The summed E-state index contributed by atoms with van der Waals surface area (Å²) in [7, 11) is 0.